The zero-order valence-electron chi connectivity index (χ0n) is 15.3. The Kier molecular flexibility index (Phi) is 5.54. The molecule has 0 fully saturated rings. The molecule has 0 atom stereocenters. The fourth-order valence-electron chi connectivity index (χ4n) is 2.95. The lowest BCUT2D eigenvalue weighted by Crippen LogP contribution is -2.27. The van der Waals surface area contributed by atoms with Gasteiger partial charge in [-0.2, -0.15) is 5.26 Å². The van der Waals surface area contributed by atoms with Gasteiger partial charge in [-0.1, -0.05) is 6.07 Å². The molecule has 28 heavy (non-hydrogen) atoms. The molecule has 2 heterocycles. The van der Waals surface area contributed by atoms with Crippen molar-refractivity contribution in [1.82, 2.24) is 15.0 Å². The number of anilines is 2. The highest BCUT2D eigenvalue weighted by atomic mass is 19.1. The van der Waals surface area contributed by atoms with Crippen LogP contribution in [0.2, 0.25) is 0 Å². The number of carbonyl (C=O) groups is 1. The summed E-state index contributed by atoms with van der Waals surface area (Å²) in [6, 6.07) is 6.72. The Labute approximate surface area is 160 Å². The second-order valence-electron chi connectivity index (χ2n) is 6.09. The summed E-state index contributed by atoms with van der Waals surface area (Å²) in [4.78, 5) is 21.6. The van der Waals surface area contributed by atoms with E-state index in [1.165, 1.54) is 23.0 Å². The maximum atomic E-state index is 14.4. The van der Waals surface area contributed by atoms with Gasteiger partial charge in [-0.3, -0.25) is 14.6 Å². The van der Waals surface area contributed by atoms with Gasteiger partial charge in [0.15, 0.2) is 0 Å². The van der Waals surface area contributed by atoms with Gasteiger partial charge in [0, 0.05) is 24.8 Å². The van der Waals surface area contributed by atoms with E-state index in [9.17, 15) is 14.4 Å². The van der Waals surface area contributed by atoms with E-state index < -0.39 is 11.7 Å². The number of fused-ring (bicyclic) bond motifs is 1. The van der Waals surface area contributed by atoms with Crippen molar-refractivity contribution in [2.45, 2.75) is 6.92 Å². The van der Waals surface area contributed by atoms with Gasteiger partial charge in [0.25, 0.3) is 5.91 Å². The number of nitrogens with one attached hydrogen (secondary N) is 2. The number of aliphatic hydroxyl groups is 1. The summed E-state index contributed by atoms with van der Waals surface area (Å²) in [6.45, 7) is 1.42. The zero-order chi connectivity index (χ0) is 20.3. The third-order valence-electron chi connectivity index (χ3n) is 4.17. The molecule has 0 spiro atoms. The van der Waals surface area contributed by atoms with Gasteiger partial charge in [0.2, 0.25) is 0 Å². The zero-order valence-corrected chi connectivity index (χ0v) is 15.3. The van der Waals surface area contributed by atoms with Crippen LogP contribution in [0.3, 0.4) is 0 Å². The van der Waals surface area contributed by atoms with Crippen molar-refractivity contribution in [1.29, 1.82) is 5.26 Å². The molecule has 0 bridgehead atoms. The number of pyridine rings is 1. The second kappa shape index (κ2) is 8.04. The van der Waals surface area contributed by atoms with Crippen LogP contribution < -0.4 is 10.8 Å². The van der Waals surface area contributed by atoms with Gasteiger partial charge in [-0.15, -0.1) is 0 Å². The van der Waals surface area contributed by atoms with Gasteiger partial charge < -0.3 is 15.0 Å². The third-order valence-corrected chi connectivity index (χ3v) is 4.17. The summed E-state index contributed by atoms with van der Waals surface area (Å²) in [5.74, 6) is -1.10. The number of carbonyl (C=O) groups excluding carboxylic acids is 1. The lowest BCUT2D eigenvalue weighted by atomic mass is 10.2. The maximum absolute atomic E-state index is 14.4. The first-order valence-corrected chi connectivity index (χ1v) is 8.40. The van der Waals surface area contributed by atoms with E-state index in [-0.39, 0.29) is 35.8 Å². The second-order valence-corrected chi connectivity index (χ2v) is 6.09. The molecule has 1 aromatic carbocycles. The average molecular weight is 383 g/mol. The number of hydrogen-bond donors (Lipinski definition) is 3. The van der Waals surface area contributed by atoms with Gasteiger partial charge in [0.1, 0.15) is 17.6 Å². The minimum absolute atomic E-state index is 0.0873. The summed E-state index contributed by atoms with van der Waals surface area (Å²) in [5, 5.41) is 21.6. The highest BCUT2D eigenvalue weighted by Crippen LogP contribution is 2.34. The van der Waals surface area contributed by atoms with E-state index in [1.807, 2.05) is 6.07 Å². The normalized spacial score (nSPS) is 10.7. The topological polar surface area (TPSA) is 112 Å². The minimum Gasteiger partial charge on any atom is -0.394 e. The predicted octanol–water partition coefficient (Wildman–Crippen LogP) is 2.29. The number of benzene rings is 1. The monoisotopic (exact) mass is 383 g/mol. The minimum atomic E-state index is -0.619. The SMILES string of the molecule is Cc1ccc(Nc2c(C(=O)NOCCO)n(C)c3c(C#N)cncc23)c(F)c1. The number of aryl methyl sites for hydroxylation is 2. The quantitative estimate of drug-likeness (QED) is 0.445. The summed E-state index contributed by atoms with van der Waals surface area (Å²) in [5.41, 5.74) is 4.31. The summed E-state index contributed by atoms with van der Waals surface area (Å²) >= 11 is 0. The Morgan fingerprint density at radius 1 is 1.43 bits per heavy atom. The van der Waals surface area contributed by atoms with Gasteiger partial charge in [-0.05, 0) is 24.6 Å². The fourth-order valence-corrected chi connectivity index (χ4v) is 2.95. The van der Waals surface area contributed by atoms with Crippen LogP contribution in [0, 0.1) is 24.1 Å². The third kappa shape index (κ3) is 3.51. The number of nitriles is 1. The van der Waals surface area contributed by atoms with Crippen LogP contribution in [0.5, 0.6) is 0 Å². The van der Waals surface area contributed by atoms with E-state index in [4.69, 9.17) is 9.94 Å². The average Bonchev–Trinajstić information content (AvgIpc) is 2.96. The van der Waals surface area contributed by atoms with Crippen LogP contribution in [-0.2, 0) is 11.9 Å². The Balaban J connectivity index is 2.17. The van der Waals surface area contributed by atoms with Crippen LogP contribution in [0.15, 0.2) is 30.6 Å². The van der Waals surface area contributed by atoms with Crippen molar-refractivity contribution in [3.05, 3.63) is 53.2 Å². The van der Waals surface area contributed by atoms with Gasteiger partial charge >= 0.3 is 0 Å². The predicted molar refractivity (Wildman–Crippen MR) is 100 cm³/mol. The van der Waals surface area contributed by atoms with E-state index in [2.05, 4.69) is 15.8 Å². The first-order valence-electron chi connectivity index (χ1n) is 8.40. The number of halogens is 1. The van der Waals surface area contributed by atoms with Crippen LogP contribution in [0.1, 0.15) is 21.6 Å². The number of aromatic nitrogens is 2. The molecule has 2 aromatic heterocycles. The molecule has 144 valence electrons. The van der Waals surface area contributed by atoms with E-state index >= 15 is 0 Å². The van der Waals surface area contributed by atoms with E-state index in [1.54, 1.807) is 26.1 Å². The van der Waals surface area contributed by atoms with Gasteiger partial charge in [0.05, 0.1) is 35.7 Å². The highest BCUT2D eigenvalue weighted by molar-refractivity contribution is 6.10. The number of amides is 1. The van der Waals surface area contributed by atoms with Crippen molar-refractivity contribution in [3.8, 4) is 6.07 Å². The number of hydroxylamine groups is 1. The molecule has 0 radical (unpaired) electrons. The molecule has 3 aromatic rings. The van der Waals surface area contributed by atoms with Crippen molar-refractivity contribution in [3.63, 3.8) is 0 Å². The fraction of sp³-hybridized carbons (Fsp3) is 0.211. The standard InChI is InChI=1S/C19H18FN5O3/c1-11-3-4-15(14(20)7-11)23-16-13-10-22-9-12(8-21)17(13)25(2)18(16)19(27)24-28-6-5-26/h3-4,7,9-10,23,26H,5-6H2,1-2H3,(H,24,27). The van der Waals surface area contributed by atoms with Gasteiger partial charge in [-0.25, -0.2) is 9.87 Å². The Morgan fingerprint density at radius 3 is 2.89 bits per heavy atom. The van der Waals surface area contributed by atoms with Crippen molar-refractivity contribution >= 4 is 28.2 Å². The molecule has 0 unspecified atom stereocenters. The van der Waals surface area contributed by atoms with Crippen molar-refractivity contribution < 1.29 is 19.1 Å². The molecule has 3 rings (SSSR count). The van der Waals surface area contributed by atoms with Crippen LogP contribution in [0.4, 0.5) is 15.8 Å². The van der Waals surface area contributed by atoms with Crippen LogP contribution >= 0.6 is 0 Å². The van der Waals surface area contributed by atoms with Crippen molar-refractivity contribution in [2.24, 2.45) is 7.05 Å². The van der Waals surface area contributed by atoms with Crippen LogP contribution in [-0.4, -0.2) is 33.8 Å². The largest absolute Gasteiger partial charge is 0.394 e. The molecule has 1 amide bonds. The molecule has 0 saturated carbocycles. The number of hydrogen-bond acceptors (Lipinski definition) is 6. The Bertz CT molecular complexity index is 1090. The number of rotatable bonds is 6. The number of aliphatic hydroxyl groups excluding tert-OH is 1. The molecule has 0 saturated heterocycles. The molecule has 3 N–H and O–H groups in total. The first-order chi connectivity index (χ1) is 13.5. The molecule has 8 nitrogen and oxygen atoms in total. The smallest absolute Gasteiger partial charge is 0.293 e. The van der Waals surface area contributed by atoms with Crippen LogP contribution in [0.25, 0.3) is 10.9 Å². The van der Waals surface area contributed by atoms with E-state index in [0.29, 0.717) is 10.9 Å². The lowest BCUT2D eigenvalue weighted by Gasteiger charge is -2.11. The summed E-state index contributed by atoms with van der Waals surface area (Å²) in [6.07, 6.45) is 2.89. The summed E-state index contributed by atoms with van der Waals surface area (Å²) in [7, 11) is 1.61. The Morgan fingerprint density at radius 2 is 2.21 bits per heavy atom. The lowest BCUT2D eigenvalue weighted by molar-refractivity contribution is 0.0163. The Hall–Kier alpha value is -3.48. The summed E-state index contributed by atoms with van der Waals surface area (Å²) < 4.78 is 15.9. The van der Waals surface area contributed by atoms with E-state index in [0.717, 1.165) is 5.56 Å². The van der Waals surface area contributed by atoms with Crippen molar-refractivity contribution in [2.75, 3.05) is 18.5 Å². The molecular weight excluding hydrogens is 365 g/mol. The molecule has 0 aliphatic heterocycles. The molecule has 9 heteroatoms. The molecule has 0 aliphatic rings. The first kappa shape index (κ1) is 19.3. The molecule has 0 aliphatic carbocycles. The number of nitrogens with zero attached hydrogens (tertiary/aromatic N) is 3. The molecular formula is C19H18FN5O3. The maximum Gasteiger partial charge on any atom is 0.293 e. The highest BCUT2D eigenvalue weighted by Gasteiger charge is 2.24.